The quantitative estimate of drug-likeness (QED) is 0.772. The first kappa shape index (κ1) is 10.5. The van der Waals surface area contributed by atoms with Gasteiger partial charge in [0.2, 0.25) is 0 Å². The number of nitrogens with zero attached hydrogens (tertiary/aromatic N) is 4. The van der Waals surface area contributed by atoms with Crippen molar-refractivity contribution in [2.24, 2.45) is 5.73 Å². The highest BCUT2D eigenvalue weighted by atomic mass is 19.1. The minimum atomic E-state index is -0.576. The maximum Gasteiger partial charge on any atom is 0.185 e. The summed E-state index contributed by atoms with van der Waals surface area (Å²) in [6.07, 6.45) is 0. The number of phenolic OH excluding ortho intramolecular Hbond substituents is 1. The molecule has 0 aliphatic heterocycles. The van der Waals surface area contributed by atoms with Crippen molar-refractivity contribution in [3.63, 3.8) is 0 Å². The number of rotatable bonds is 3. The molecule has 0 unspecified atom stereocenters. The van der Waals surface area contributed by atoms with Gasteiger partial charge in [-0.25, -0.2) is 9.07 Å². The van der Waals surface area contributed by atoms with Crippen LogP contribution in [0.25, 0.3) is 11.4 Å². The van der Waals surface area contributed by atoms with E-state index in [2.05, 4.69) is 15.5 Å². The molecule has 3 N–H and O–H groups in total. The van der Waals surface area contributed by atoms with Crippen LogP contribution in [0.4, 0.5) is 4.39 Å². The van der Waals surface area contributed by atoms with Crippen LogP contribution < -0.4 is 5.73 Å². The summed E-state index contributed by atoms with van der Waals surface area (Å²) in [7, 11) is 0. The molecule has 1 aromatic carbocycles. The van der Waals surface area contributed by atoms with Crippen LogP contribution in [-0.2, 0) is 6.54 Å². The summed E-state index contributed by atoms with van der Waals surface area (Å²) in [5, 5.41) is 20.0. The van der Waals surface area contributed by atoms with Crippen molar-refractivity contribution < 1.29 is 9.50 Å². The molecule has 0 spiro atoms. The van der Waals surface area contributed by atoms with Gasteiger partial charge in [-0.3, -0.25) is 0 Å². The maximum absolute atomic E-state index is 13.5. The summed E-state index contributed by atoms with van der Waals surface area (Å²) in [6.45, 7) is 0.764. The molecule has 0 saturated carbocycles. The lowest BCUT2D eigenvalue weighted by atomic mass is 10.2. The van der Waals surface area contributed by atoms with E-state index in [9.17, 15) is 4.39 Å². The van der Waals surface area contributed by atoms with E-state index < -0.39 is 5.82 Å². The molecule has 0 amide bonds. The molecular formula is C9H10FN5O. The fourth-order valence-corrected chi connectivity index (χ4v) is 1.36. The number of hydrogen-bond donors (Lipinski definition) is 2. The molecule has 0 fully saturated rings. The standard InChI is InChI=1S/C9H10FN5O/c10-8-5-6(16)1-2-7(8)9-12-13-14-15(9)4-3-11/h1-2,5,16H,3-4,11H2. The van der Waals surface area contributed by atoms with Crippen molar-refractivity contribution in [2.45, 2.75) is 6.54 Å². The SMILES string of the molecule is NCCn1nnnc1-c1ccc(O)cc1F. The fraction of sp³-hybridized carbons (Fsp3) is 0.222. The van der Waals surface area contributed by atoms with Gasteiger partial charge in [-0.05, 0) is 22.6 Å². The van der Waals surface area contributed by atoms with Crippen LogP contribution in [0.2, 0.25) is 0 Å². The molecule has 0 atom stereocenters. The Bertz CT molecular complexity index is 498. The molecule has 0 radical (unpaired) electrons. The van der Waals surface area contributed by atoms with E-state index in [0.29, 0.717) is 18.9 Å². The molecule has 2 aromatic rings. The van der Waals surface area contributed by atoms with Gasteiger partial charge >= 0.3 is 0 Å². The number of hydrogen-bond acceptors (Lipinski definition) is 5. The van der Waals surface area contributed by atoms with Crippen molar-refractivity contribution in [3.05, 3.63) is 24.0 Å². The largest absolute Gasteiger partial charge is 0.508 e. The Morgan fingerprint density at radius 2 is 2.25 bits per heavy atom. The van der Waals surface area contributed by atoms with Gasteiger partial charge < -0.3 is 10.8 Å². The van der Waals surface area contributed by atoms with E-state index in [-0.39, 0.29) is 11.3 Å². The summed E-state index contributed by atoms with van der Waals surface area (Å²) in [5.74, 6) is -0.421. The number of phenols is 1. The van der Waals surface area contributed by atoms with Crippen LogP contribution in [0.5, 0.6) is 5.75 Å². The van der Waals surface area contributed by atoms with Gasteiger partial charge in [0.1, 0.15) is 11.6 Å². The molecule has 16 heavy (non-hydrogen) atoms. The molecule has 6 nitrogen and oxygen atoms in total. The van der Waals surface area contributed by atoms with E-state index in [4.69, 9.17) is 10.8 Å². The first-order valence-corrected chi connectivity index (χ1v) is 4.67. The Balaban J connectivity index is 2.46. The zero-order valence-corrected chi connectivity index (χ0v) is 8.34. The third-order valence-electron chi connectivity index (χ3n) is 2.07. The lowest BCUT2D eigenvalue weighted by Crippen LogP contribution is -2.12. The number of aromatic nitrogens is 4. The van der Waals surface area contributed by atoms with Crippen LogP contribution >= 0.6 is 0 Å². The Morgan fingerprint density at radius 3 is 2.94 bits per heavy atom. The predicted molar refractivity (Wildman–Crippen MR) is 53.9 cm³/mol. The highest BCUT2D eigenvalue weighted by molar-refractivity contribution is 5.56. The van der Waals surface area contributed by atoms with E-state index in [1.165, 1.54) is 16.8 Å². The minimum Gasteiger partial charge on any atom is -0.508 e. The smallest absolute Gasteiger partial charge is 0.185 e. The first-order valence-electron chi connectivity index (χ1n) is 4.67. The number of aromatic hydroxyl groups is 1. The maximum atomic E-state index is 13.5. The fourth-order valence-electron chi connectivity index (χ4n) is 1.36. The molecule has 0 bridgehead atoms. The molecular weight excluding hydrogens is 213 g/mol. The highest BCUT2D eigenvalue weighted by Crippen LogP contribution is 2.23. The van der Waals surface area contributed by atoms with E-state index in [1.807, 2.05) is 0 Å². The molecule has 0 saturated heterocycles. The second-order valence-electron chi connectivity index (χ2n) is 3.18. The summed E-state index contributed by atoms with van der Waals surface area (Å²) in [4.78, 5) is 0. The van der Waals surface area contributed by atoms with Crippen LogP contribution in [0.15, 0.2) is 18.2 Å². The van der Waals surface area contributed by atoms with E-state index in [0.717, 1.165) is 6.07 Å². The third-order valence-corrected chi connectivity index (χ3v) is 2.07. The summed E-state index contributed by atoms with van der Waals surface area (Å²) >= 11 is 0. The first-order chi connectivity index (χ1) is 7.72. The number of nitrogens with two attached hydrogens (primary N) is 1. The van der Waals surface area contributed by atoms with E-state index >= 15 is 0 Å². The lowest BCUT2D eigenvalue weighted by Gasteiger charge is -2.04. The van der Waals surface area contributed by atoms with Crippen LogP contribution in [0, 0.1) is 5.82 Å². The van der Waals surface area contributed by atoms with Gasteiger partial charge in [0, 0.05) is 12.6 Å². The molecule has 2 rings (SSSR count). The Morgan fingerprint density at radius 1 is 1.44 bits per heavy atom. The van der Waals surface area contributed by atoms with Crippen molar-refractivity contribution >= 4 is 0 Å². The van der Waals surface area contributed by atoms with Crippen molar-refractivity contribution in [3.8, 4) is 17.1 Å². The molecule has 84 valence electrons. The minimum absolute atomic E-state index is 0.140. The van der Waals surface area contributed by atoms with Gasteiger partial charge in [0.05, 0.1) is 12.1 Å². The van der Waals surface area contributed by atoms with Crippen LogP contribution in [0.3, 0.4) is 0 Å². The molecule has 0 aliphatic carbocycles. The second kappa shape index (κ2) is 4.23. The van der Waals surface area contributed by atoms with Crippen LogP contribution in [0.1, 0.15) is 0 Å². The highest BCUT2D eigenvalue weighted by Gasteiger charge is 2.13. The molecule has 7 heteroatoms. The summed E-state index contributed by atoms with van der Waals surface area (Å²) in [6, 6.07) is 3.81. The summed E-state index contributed by atoms with van der Waals surface area (Å²) < 4.78 is 14.9. The Labute approximate surface area is 90.5 Å². The normalized spacial score (nSPS) is 10.6. The number of benzene rings is 1. The molecule has 1 aromatic heterocycles. The van der Waals surface area contributed by atoms with Gasteiger partial charge in [-0.1, -0.05) is 0 Å². The van der Waals surface area contributed by atoms with Crippen LogP contribution in [-0.4, -0.2) is 31.9 Å². The monoisotopic (exact) mass is 223 g/mol. The lowest BCUT2D eigenvalue weighted by molar-refractivity contribution is 0.469. The van der Waals surface area contributed by atoms with Gasteiger partial charge in [-0.15, -0.1) is 5.10 Å². The zero-order valence-electron chi connectivity index (χ0n) is 8.34. The van der Waals surface area contributed by atoms with Gasteiger partial charge in [0.15, 0.2) is 5.82 Å². The topological polar surface area (TPSA) is 89.9 Å². The average Bonchev–Trinajstić information content (AvgIpc) is 2.67. The van der Waals surface area contributed by atoms with Gasteiger partial charge in [0.25, 0.3) is 0 Å². The average molecular weight is 223 g/mol. The number of halogens is 1. The molecule has 0 aliphatic rings. The van der Waals surface area contributed by atoms with Crippen molar-refractivity contribution in [2.75, 3.05) is 6.54 Å². The number of tetrazole rings is 1. The third kappa shape index (κ3) is 1.84. The van der Waals surface area contributed by atoms with Crippen molar-refractivity contribution in [1.29, 1.82) is 0 Å². The zero-order chi connectivity index (χ0) is 11.5. The Kier molecular flexibility index (Phi) is 2.78. The van der Waals surface area contributed by atoms with Gasteiger partial charge in [-0.2, -0.15) is 0 Å². The van der Waals surface area contributed by atoms with E-state index in [1.54, 1.807) is 0 Å². The summed E-state index contributed by atoms with van der Waals surface area (Å²) in [5.41, 5.74) is 5.61. The second-order valence-corrected chi connectivity index (χ2v) is 3.18. The molecule has 1 heterocycles. The van der Waals surface area contributed by atoms with Crippen molar-refractivity contribution in [1.82, 2.24) is 20.2 Å². The Hall–Kier alpha value is -2.02. The predicted octanol–water partition coefficient (Wildman–Crippen LogP) is 0.143.